The van der Waals surface area contributed by atoms with Crippen molar-refractivity contribution in [1.82, 2.24) is 0 Å². The fraction of sp³-hybridized carbons (Fsp3) is 0.562. The van der Waals surface area contributed by atoms with Crippen molar-refractivity contribution in [2.45, 2.75) is 45.1 Å². The average Bonchev–Trinajstić information content (AvgIpc) is 2.79. The number of hydrogen-bond donors (Lipinski definition) is 1. The molecule has 4 heteroatoms. The molecule has 1 unspecified atom stereocenters. The maximum absolute atomic E-state index is 11.1. The van der Waals surface area contributed by atoms with Crippen molar-refractivity contribution in [3.63, 3.8) is 0 Å². The predicted octanol–water partition coefficient (Wildman–Crippen LogP) is 2.01. The Kier molecular flexibility index (Phi) is 5.01. The number of ether oxygens (including phenoxy) is 2. The summed E-state index contributed by atoms with van der Waals surface area (Å²) in [5.41, 5.74) is 9.82. The minimum Gasteiger partial charge on any atom is -0.494 e. The maximum Gasteiger partial charge on any atom is 0.305 e. The molecule has 20 heavy (non-hydrogen) atoms. The Balaban J connectivity index is 2.08. The van der Waals surface area contributed by atoms with E-state index in [2.05, 4.69) is 16.9 Å². The summed E-state index contributed by atoms with van der Waals surface area (Å²) in [5.74, 6) is 0.809. The Bertz CT molecular complexity index is 485. The summed E-state index contributed by atoms with van der Waals surface area (Å²) in [7, 11) is 1.42. The van der Waals surface area contributed by atoms with Crippen LogP contribution in [0.1, 0.15) is 36.5 Å². The first kappa shape index (κ1) is 14.9. The van der Waals surface area contributed by atoms with Crippen molar-refractivity contribution in [3.8, 4) is 5.75 Å². The Labute approximate surface area is 120 Å². The molecular weight excluding hydrogens is 254 g/mol. The Hall–Kier alpha value is -1.55. The van der Waals surface area contributed by atoms with E-state index in [-0.39, 0.29) is 12.0 Å². The number of methoxy groups -OCH3 is 1. The van der Waals surface area contributed by atoms with Crippen molar-refractivity contribution >= 4 is 5.97 Å². The minimum absolute atomic E-state index is 0.154. The van der Waals surface area contributed by atoms with Gasteiger partial charge in [0.05, 0.1) is 13.7 Å². The molecule has 1 aliphatic carbocycles. The fourth-order valence-corrected chi connectivity index (χ4v) is 2.76. The number of fused-ring (bicyclic) bond motifs is 1. The third-order valence-electron chi connectivity index (χ3n) is 3.68. The maximum atomic E-state index is 11.1. The van der Waals surface area contributed by atoms with Crippen molar-refractivity contribution in [2.24, 2.45) is 5.73 Å². The molecule has 1 aromatic rings. The molecule has 0 fully saturated rings. The van der Waals surface area contributed by atoms with Gasteiger partial charge >= 0.3 is 5.97 Å². The number of aryl methyl sites for hydroxylation is 1. The Morgan fingerprint density at radius 3 is 2.90 bits per heavy atom. The largest absolute Gasteiger partial charge is 0.494 e. The molecule has 0 aromatic heterocycles. The highest BCUT2D eigenvalue weighted by molar-refractivity contribution is 5.69. The first-order valence-electron chi connectivity index (χ1n) is 7.24. The monoisotopic (exact) mass is 277 g/mol. The lowest BCUT2D eigenvalue weighted by atomic mass is 10.0. The molecule has 0 aliphatic heterocycles. The third kappa shape index (κ3) is 3.51. The fourth-order valence-electron chi connectivity index (χ4n) is 2.76. The SMILES string of the molecule is CCOc1cc(CCCC(=O)OC)cc2c1CC(N)C2. The normalized spacial score (nSPS) is 16.9. The van der Waals surface area contributed by atoms with Crippen LogP contribution in [-0.4, -0.2) is 25.7 Å². The molecule has 0 saturated heterocycles. The zero-order chi connectivity index (χ0) is 14.5. The summed E-state index contributed by atoms with van der Waals surface area (Å²) in [6, 6.07) is 4.51. The van der Waals surface area contributed by atoms with Crippen LogP contribution in [0.2, 0.25) is 0 Å². The van der Waals surface area contributed by atoms with Gasteiger partial charge in [0.25, 0.3) is 0 Å². The van der Waals surface area contributed by atoms with Gasteiger partial charge < -0.3 is 15.2 Å². The summed E-state index contributed by atoms with van der Waals surface area (Å²) in [5, 5.41) is 0. The molecule has 1 atom stereocenters. The standard InChI is InChI=1S/C16H23NO3/c1-3-20-15-8-11(5-4-6-16(18)19-2)7-12-9-13(17)10-14(12)15/h7-8,13H,3-6,9-10,17H2,1-2H3. The molecule has 4 nitrogen and oxygen atoms in total. The van der Waals surface area contributed by atoms with Crippen LogP contribution in [0.15, 0.2) is 12.1 Å². The Morgan fingerprint density at radius 1 is 1.40 bits per heavy atom. The molecule has 110 valence electrons. The molecule has 1 aromatic carbocycles. The first-order chi connectivity index (χ1) is 9.63. The highest BCUT2D eigenvalue weighted by Crippen LogP contribution is 2.32. The van der Waals surface area contributed by atoms with Gasteiger partial charge in [0, 0.05) is 12.5 Å². The molecule has 0 radical (unpaired) electrons. The van der Waals surface area contributed by atoms with Crippen LogP contribution >= 0.6 is 0 Å². The van der Waals surface area contributed by atoms with E-state index in [1.54, 1.807) is 0 Å². The van der Waals surface area contributed by atoms with Crippen LogP contribution in [0, 0.1) is 0 Å². The number of esters is 1. The van der Waals surface area contributed by atoms with Crippen LogP contribution in [0.5, 0.6) is 5.75 Å². The highest BCUT2D eigenvalue weighted by atomic mass is 16.5. The average molecular weight is 277 g/mol. The van der Waals surface area contributed by atoms with Crippen LogP contribution in [0.25, 0.3) is 0 Å². The molecule has 2 rings (SSSR count). The number of carbonyl (C=O) groups is 1. The smallest absolute Gasteiger partial charge is 0.305 e. The second-order valence-electron chi connectivity index (χ2n) is 5.26. The van der Waals surface area contributed by atoms with Gasteiger partial charge in [-0.3, -0.25) is 4.79 Å². The van der Waals surface area contributed by atoms with E-state index in [4.69, 9.17) is 10.5 Å². The van der Waals surface area contributed by atoms with Gasteiger partial charge in [-0.2, -0.15) is 0 Å². The first-order valence-corrected chi connectivity index (χ1v) is 7.24. The van der Waals surface area contributed by atoms with Gasteiger partial charge in [-0.05, 0) is 55.4 Å². The summed E-state index contributed by atoms with van der Waals surface area (Å²) in [6.45, 7) is 2.65. The van der Waals surface area contributed by atoms with E-state index >= 15 is 0 Å². The summed E-state index contributed by atoms with van der Waals surface area (Å²) in [4.78, 5) is 11.1. The van der Waals surface area contributed by atoms with Crippen LogP contribution in [-0.2, 0) is 28.8 Å². The lowest BCUT2D eigenvalue weighted by molar-refractivity contribution is -0.140. The summed E-state index contributed by atoms with van der Waals surface area (Å²) >= 11 is 0. The zero-order valence-electron chi connectivity index (χ0n) is 12.3. The molecule has 1 aliphatic rings. The number of rotatable bonds is 6. The quantitative estimate of drug-likeness (QED) is 0.808. The second-order valence-corrected chi connectivity index (χ2v) is 5.26. The summed E-state index contributed by atoms with van der Waals surface area (Å²) in [6.07, 6.45) is 3.92. The molecular formula is C16H23NO3. The topological polar surface area (TPSA) is 61.5 Å². The van der Waals surface area contributed by atoms with Crippen LogP contribution < -0.4 is 10.5 Å². The van der Waals surface area contributed by atoms with Crippen LogP contribution in [0.3, 0.4) is 0 Å². The summed E-state index contributed by atoms with van der Waals surface area (Å²) < 4.78 is 10.4. The molecule has 0 spiro atoms. The molecule has 0 saturated carbocycles. The zero-order valence-corrected chi connectivity index (χ0v) is 12.3. The second kappa shape index (κ2) is 6.75. The highest BCUT2D eigenvalue weighted by Gasteiger charge is 2.22. The van der Waals surface area contributed by atoms with Gasteiger partial charge in [-0.1, -0.05) is 6.07 Å². The van der Waals surface area contributed by atoms with Gasteiger partial charge in [-0.15, -0.1) is 0 Å². The van der Waals surface area contributed by atoms with Gasteiger partial charge in [0.15, 0.2) is 0 Å². The predicted molar refractivity (Wildman–Crippen MR) is 77.9 cm³/mol. The van der Waals surface area contributed by atoms with Crippen LogP contribution in [0.4, 0.5) is 0 Å². The van der Waals surface area contributed by atoms with Gasteiger partial charge in [0.1, 0.15) is 5.75 Å². The number of hydrogen-bond acceptors (Lipinski definition) is 4. The van der Waals surface area contributed by atoms with E-state index in [9.17, 15) is 4.79 Å². The molecule has 0 heterocycles. The van der Waals surface area contributed by atoms with Crippen molar-refractivity contribution in [1.29, 1.82) is 0 Å². The van der Waals surface area contributed by atoms with Crippen molar-refractivity contribution in [2.75, 3.05) is 13.7 Å². The van der Waals surface area contributed by atoms with Gasteiger partial charge in [0.2, 0.25) is 0 Å². The van der Waals surface area contributed by atoms with E-state index in [1.807, 2.05) is 6.92 Å². The van der Waals surface area contributed by atoms with Crippen molar-refractivity contribution < 1.29 is 14.3 Å². The number of benzene rings is 1. The van der Waals surface area contributed by atoms with Crippen molar-refractivity contribution in [3.05, 3.63) is 28.8 Å². The lowest BCUT2D eigenvalue weighted by Crippen LogP contribution is -2.19. The van der Waals surface area contributed by atoms with E-state index in [1.165, 1.54) is 23.8 Å². The van der Waals surface area contributed by atoms with E-state index in [0.29, 0.717) is 13.0 Å². The lowest BCUT2D eigenvalue weighted by Gasteiger charge is -2.12. The number of carbonyl (C=O) groups excluding carboxylic acids is 1. The van der Waals surface area contributed by atoms with E-state index < -0.39 is 0 Å². The third-order valence-corrected chi connectivity index (χ3v) is 3.68. The molecule has 0 amide bonds. The van der Waals surface area contributed by atoms with E-state index in [0.717, 1.165) is 31.4 Å². The minimum atomic E-state index is -0.154. The molecule has 0 bridgehead atoms. The number of nitrogens with two attached hydrogens (primary N) is 1. The molecule has 2 N–H and O–H groups in total. The van der Waals surface area contributed by atoms with Gasteiger partial charge in [-0.25, -0.2) is 0 Å². The Morgan fingerprint density at radius 2 is 2.20 bits per heavy atom.